The summed E-state index contributed by atoms with van der Waals surface area (Å²) in [5.74, 6) is -0.330. The molecule has 0 aliphatic carbocycles. The van der Waals surface area contributed by atoms with Crippen molar-refractivity contribution in [3.63, 3.8) is 0 Å². The SMILES string of the molecule is COC(=O)c1cn(Cc2ccccc2Cl)c2ccccc12. The van der Waals surface area contributed by atoms with Gasteiger partial charge in [0.05, 0.1) is 12.7 Å². The first-order chi connectivity index (χ1) is 10.2. The van der Waals surface area contributed by atoms with Gasteiger partial charge in [-0.05, 0) is 17.7 Å². The molecular formula is C17H14ClNO2. The molecule has 21 heavy (non-hydrogen) atoms. The second kappa shape index (κ2) is 5.62. The maximum Gasteiger partial charge on any atom is 0.340 e. The predicted octanol–water partition coefficient (Wildman–Crippen LogP) is 4.13. The zero-order valence-corrected chi connectivity index (χ0v) is 12.3. The van der Waals surface area contributed by atoms with E-state index in [2.05, 4.69) is 0 Å². The summed E-state index contributed by atoms with van der Waals surface area (Å²) in [4.78, 5) is 11.9. The molecule has 2 aromatic carbocycles. The van der Waals surface area contributed by atoms with Gasteiger partial charge in [0.2, 0.25) is 0 Å². The number of hydrogen-bond donors (Lipinski definition) is 0. The average Bonchev–Trinajstić information content (AvgIpc) is 2.88. The number of halogens is 1. The minimum atomic E-state index is -0.330. The summed E-state index contributed by atoms with van der Waals surface area (Å²) in [7, 11) is 1.39. The van der Waals surface area contributed by atoms with Crippen molar-refractivity contribution in [1.82, 2.24) is 4.57 Å². The molecule has 0 aliphatic rings. The first-order valence-corrected chi connectivity index (χ1v) is 6.98. The number of rotatable bonds is 3. The molecule has 0 fully saturated rings. The minimum Gasteiger partial charge on any atom is -0.465 e. The lowest BCUT2D eigenvalue weighted by Gasteiger charge is -2.07. The van der Waals surface area contributed by atoms with Crippen LogP contribution in [0, 0.1) is 0 Å². The van der Waals surface area contributed by atoms with Crippen molar-refractivity contribution >= 4 is 28.5 Å². The number of fused-ring (bicyclic) bond motifs is 1. The molecule has 3 nitrogen and oxygen atoms in total. The predicted molar refractivity (Wildman–Crippen MR) is 83.8 cm³/mol. The van der Waals surface area contributed by atoms with E-state index >= 15 is 0 Å². The molecule has 0 atom stereocenters. The van der Waals surface area contributed by atoms with Crippen LogP contribution in [-0.4, -0.2) is 17.6 Å². The van der Waals surface area contributed by atoms with E-state index in [1.54, 1.807) is 0 Å². The largest absolute Gasteiger partial charge is 0.465 e. The molecule has 0 bridgehead atoms. The highest BCUT2D eigenvalue weighted by atomic mass is 35.5. The van der Waals surface area contributed by atoms with Gasteiger partial charge in [-0.1, -0.05) is 48.0 Å². The highest BCUT2D eigenvalue weighted by Gasteiger charge is 2.15. The van der Waals surface area contributed by atoms with Crippen LogP contribution in [-0.2, 0) is 11.3 Å². The summed E-state index contributed by atoms with van der Waals surface area (Å²) in [6, 6.07) is 15.5. The van der Waals surface area contributed by atoms with E-state index in [9.17, 15) is 4.79 Å². The average molecular weight is 300 g/mol. The van der Waals surface area contributed by atoms with E-state index in [0.717, 1.165) is 21.5 Å². The van der Waals surface area contributed by atoms with Crippen molar-refractivity contribution in [2.24, 2.45) is 0 Å². The Kier molecular flexibility index (Phi) is 3.67. The van der Waals surface area contributed by atoms with Gasteiger partial charge in [0.15, 0.2) is 0 Å². The van der Waals surface area contributed by atoms with Crippen molar-refractivity contribution in [2.75, 3.05) is 7.11 Å². The van der Waals surface area contributed by atoms with Gasteiger partial charge < -0.3 is 9.30 Å². The summed E-state index contributed by atoms with van der Waals surface area (Å²) in [5.41, 5.74) is 2.56. The van der Waals surface area contributed by atoms with Crippen molar-refractivity contribution in [2.45, 2.75) is 6.54 Å². The van der Waals surface area contributed by atoms with Crippen LogP contribution in [0.15, 0.2) is 54.7 Å². The molecule has 0 unspecified atom stereocenters. The number of esters is 1. The number of methoxy groups -OCH3 is 1. The van der Waals surface area contributed by atoms with Gasteiger partial charge >= 0.3 is 5.97 Å². The van der Waals surface area contributed by atoms with Crippen molar-refractivity contribution < 1.29 is 9.53 Å². The zero-order chi connectivity index (χ0) is 14.8. The van der Waals surface area contributed by atoms with Crippen LogP contribution in [0.25, 0.3) is 10.9 Å². The molecular weight excluding hydrogens is 286 g/mol. The molecule has 106 valence electrons. The third kappa shape index (κ3) is 2.52. The molecule has 0 saturated heterocycles. The lowest BCUT2D eigenvalue weighted by Crippen LogP contribution is -2.01. The molecule has 3 rings (SSSR count). The smallest absolute Gasteiger partial charge is 0.340 e. The fourth-order valence-corrected chi connectivity index (χ4v) is 2.66. The fraction of sp³-hybridized carbons (Fsp3) is 0.118. The molecule has 3 aromatic rings. The summed E-state index contributed by atoms with van der Waals surface area (Å²) >= 11 is 6.22. The first-order valence-electron chi connectivity index (χ1n) is 6.60. The maximum absolute atomic E-state index is 11.9. The van der Waals surface area contributed by atoms with Gasteiger partial charge in [0, 0.05) is 28.7 Å². The number of benzene rings is 2. The van der Waals surface area contributed by atoms with Crippen LogP contribution in [0.2, 0.25) is 5.02 Å². The maximum atomic E-state index is 11.9. The van der Waals surface area contributed by atoms with Crippen LogP contribution in [0.5, 0.6) is 0 Å². The Hall–Kier alpha value is -2.26. The normalized spacial score (nSPS) is 10.8. The van der Waals surface area contributed by atoms with Crippen LogP contribution >= 0.6 is 11.6 Å². The van der Waals surface area contributed by atoms with E-state index in [0.29, 0.717) is 12.1 Å². The van der Waals surface area contributed by atoms with Gasteiger partial charge in [0.25, 0.3) is 0 Å². The van der Waals surface area contributed by atoms with Crippen LogP contribution in [0.4, 0.5) is 0 Å². The van der Waals surface area contributed by atoms with E-state index in [1.165, 1.54) is 7.11 Å². The Morgan fingerprint density at radius 2 is 1.86 bits per heavy atom. The summed E-state index contributed by atoms with van der Waals surface area (Å²) in [5, 5.41) is 1.60. The number of para-hydroxylation sites is 1. The molecule has 0 aliphatic heterocycles. The molecule has 0 radical (unpaired) electrons. The highest BCUT2D eigenvalue weighted by molar-refractivity contribution is 6.31. The summed E-state index contributed by atoms with van der Waals surface area (Å²) < 4.78 is 6.87. The van der Waals surface area contributed by atoms with E-state index in [-0.39, 0.29) is 5.97 Å². The lowest BCUT2D eigenvalue weighted by molar-refractivity contribution is 0.0602. The second-order valence-corrected chi connectivity index (χ2v) is 5.18. The van der Waals surface area contributed by atoms with Crippen LogP contribution in [0.3, 0.4) is 0 Å². The number of nitrogens with zero attached hydrogens (tertiary/aromatic N) is 1. The standard InChI is InChI=1S/C17H14ClNO2/c1-21-17(20)14-11-19(16-9-5-3-7-13(14)16)10-12-6-2-4-8-15(12)18/h2-9,11H,10H2,1H3. The minimum absolute atomic E-state index is 0.330. The number of aromatic nitrogens is 1. The van der Waals surface area contributed by atoms with E-state index in [4.69, 9.17) is 16.3 Å². The Morgan fingerprint density at radius 1 is 1.14 bits per heavy atom. The molecule has 0 N–H and O–H groups in total. The van der Waals surface area contributed by atoms with Crippen molar-refractivity contribution in [3.05, 3.63) is 70.9 Å². The van der Waals surface area contributed by atoms with Gasteiger partial charge in [-0.15, -0.1) is 0 Å². The quantitative estimate of drug-likeness (QED) is 0.681. The highest BCUT2D eigenvalue weighted by Crippen LogP contribution is 2.24. The Morgan fingerprint density at radius 3 is 2.62 bits per heavy atom. The number of ether oxygens (including phenoxy) is 1. The number of carbonyl (C=O) groups excluding carboxylic acids is 1. The Labute approximate surface area is 127 Å². The van der Waals surface area contributed by atoms with Gasteiger partial charge in [-0.2, -0.15) is 0 Å². The van der Waals surface area contributed by atoms with Crippen molar-refractivity contribution in [3.8, 4) is 0 Å². The first kappa shape index (κ1) is 13.7. The molecule has 1 heterocycles. The Balaban J connectivity index is 2.11. The second-order valence-electron chi connectivity index (χ2n) is 4.77. The number of hydrogen-bond acceptors (Lipinski definition) is 2. The van der Waals surface area contributed by atoms with E-state index < -0.39 is 0 Å². The van der Waals surface area contributed by atoms with Crippen LogP contribution < -0.4 is 0 Å². The fourth-order valence-electron chi connectivity index (χ4n) is 2.46. The lowest BCUT2D eigenvalue weighted by atomic mass is 10.2. The topological polar surface area (TPSA) is 31.2 Å². The van der Waals surface area contributed by atoms with Gasteiger partial charge in [-0.3, -0.25) is 0 Å². The van der Waals surface area contributed by atoms with Crippen LogP contribution in [0.1, 0.15) is 15.9 Å². The van der Waals surface area contributed by atoms with E-state index in [1.807, 2.05) is 59.3 Å². The number of carbonyl (C=O) groups is 1. The zero-order valence-electron chi connectivity index (χ0n) is 11.5. The molecule has 0 saturated carbocycles. The molecule has 0 amide bonds. The van der Waals surface area contributed by atoms with Gasteiger partial charge in [-0.25, -0.2) is 4.79 Å². The monoisotopic (exact) mass is 299 g/mol. The van der Waals surface area contributed by atoms with Crippen molar-refractivity contribution in [1.29, 1.82) is 0 Å². The molecule has 4 heteroatoms. The Bertz CT molecular complexity index is 807. The third-order valence-electron chi connectivity index (χ3n) is 3.49. The van der Waals surface area contributed by atoms with Gasteiger partial charge in [0.1, 0.15) is 0 Å². The summed E-state index contributed by atoms with van der Waals surface area (Å²) in [6.07, 6.45) is 1.82. The molecule has 1 aromatic heterocycles. The summed E-state index contributed by atoms with van der Waals surface area (Å²) in [6.45, 7) is 0.608. The molecule has 0 spiro atoms. The third-order valence-corrected chi connectivity index (χ3v) is 3.86.